The van der Waals surface area contributed by atoms with Crippen LogP contribution < -0.4 is 14.8 Å². The van der Waals surface area contributed by atoms with Crippen molar-refractivity contribution in [2.45, 2.75) is 51.5 Å². The summed E-state index contributed by atoms with van der Waals surface area (Å²) in [5.74, 6) is 2.02. The van der Waals surface area contributed by atoms with Crippen molar-refractivity contribution in [2.24, 2.45) is 5.92 Å². The first-order chi connectivity index (χ1) is 14.9. The van der Waals surface area contributed by atoms with Crippen molar-refractivity contribution < 1.29 is 19.1 Å². The fourth-order valence-electron chi connectivity index (χ4n) is 4.24. The Bertz CT molecular complexity index is 738. The third-order valence-electron chi connectivity index (χ3n) is 6.46. The van der Waals surface area contributed by atoms with Gasteiger partial charge >= 0.3 is 0 Å². The summed E-state index contributed by atoms with van der Waals surface area (Å²) in [6, 6.07) is 5.98. The number of amides is 2. The van der Waals surface area contributed by atoms with Crippen LogP contribution >= 0.6 is 0 Å². The number of hydrogen-bond donors (Lipinski definition) is 1. The minimum atomic E-state index is -0.00647. The molecule has 3 rings (SSSR count). The highest BCUT2D eigenvalue weighted by atomic mass is 16.5. The molecule has 7 nitrogen and oxygen atoms in total. The van der Waals surface area contributed by atoms with Gasteiger partial charge in [0.25, 0.3) is 5.91 Å². The molecule has 0 bridgehead atoms. The number of carbonyl (C=O) groups is 2. The van der Waals surface area contributed by atoms with Crippen LogP contribution in [0.5, 0.6) is 11.5 Å². The average Bonchev–Trinajstić information content (AvgIpc) is 2.78. The largest absolute Gasteiger partial charge is 0.493 e. The number of aryl methyl sites for hydroxylation is 1. The van der Waals surface area contributed by atoms with E-state index in [1.165, 1.54) is 12.8 Å². The van der Waals surface area contributed by atoms with Gasteiger partial charge in [0.05, 0.1) is 7.11 Å². The zero-order valence-corrected chi connectivity index (χ0v) is 19.2. The van der Waals surface area contributed by atoms with E-state index in [4.69, 9.17) is 9.47 Å². The van der Waals surface area contributed by atoms with Crippen LogP contribution in [0.25, 0.3) is 0 Å². The van der Waals surface area contributed by atoms with Gasteiger partial charge in [0, 0.05) is 38.6 Å². The van der Waals surface area contributed by atoms with E-state index in [9.17, 15) is 9.59 Å². The maximum Gasteiger partial charge on any atom is 0.260 e. The molecular formula is C24H37N3O4. The van der Waals surface area contributed by atoms with Gasteiger partial charge in [-0.15, -0.1) is 0 Å². The lowest BCUT2D eigenvalue weighted by Crippen LogP contribution is -2.48. The van der Waals surface area contributed by atoms with Crippen molar-refractivity contribution in [3.8, 4) is 11.5 Å². The van der Waals surface area contributed by atoms with Gasteiger partial charge in [0.1, 0.15) is 0 Å². The number of rotatable bonds is 8. The molecule has 2 fully saturated rings. The lowest BCUT2D eigenvalue weighted by Gasteiger charge is -2.32. The van der Waals surface area contributed by atoms with Crippen LogP contribution in [0, 0.1) is 5.92 Å². The molecule has 0 spiro atoms. The molecule has 1 aromatic rings. The van der Waals surface area contributed by atoms with Gasteiger partial charge in [0.15, 0.2) is 18.1 Å². The Labute approximate surface area is 186 Å². The summed E-state index contributed by atoms with van der Waals surface area (Å²) < 4.78 is 11.2. The zero-order valence-electron chi connectivity index (χ0n) is 19.2. The van der Waals surface area contributed by atoms with Crippen LogP contribution in [0.4, 0.5) is 0 Å². The molecule has 7 heteroatoms. The topological polar surface area (TPSA) is 71.1 Å². The second kappa shape index (κ2) is 11.4. The monoisotopic (exact) mass is 431 g/mol. The van der Waals surface area contributed by atoms with Crippen LogP contribution in [0.2, 0.25) is 0 Å². The molecule has 1 N–H and O–H groups in total. The highest BCUT2D eigenvalue weighted by molar-refractivity contribution is 5.78. The summed E-state index contributed by atoms with van der Waals surface area (Å²) >= 11 is 0. The number of methoxy groups -OCH3 is 1. The molecule has 1 aliphatic carbocycles. The van der Waals surface area contributed by atoms with Crippen molar-refractivity contribution in [2.75, 3.05) is 46.9 Å². The lowest BCUT2D eigenvalue weighted by atomic mass is 9.87. The number of nitrogens with zero attached hydrogens (tertiary/aromatic N) is 2. The first kappa shape index (κ1) is 23.4. The fourth-order valence-corrected chi connectivity index (χ4v) is 4.24. The van der Waals surface area contributed by atoms with Gasteiger partial charge in [-0.05, 0) is 62.8 Å². The number of likely N-dealkylation sites (N-methyl/N-ethyl adjacent to an activating group) is 1. The molecule has 0 aromatic heterocycles. The third-order valence-corrected chi connectivity index (χ3v) is 6.46. The smallest absolute Gasteiger partial charge is 0.260 e. The summed E-state index contributed by atoms with van der Waals surface area (Å²) in [5.41, 5.74) is 1.02. The Morgan fingerprint density at radius 3 is 2.45 bits per heavy atom. The Morgan fingerprint density at radius 2 is 1.77 bits per heavy atom. The van der Waals surface area contributed by atoms with E-state index in [0.717, 1.165) is 50.5 Å². The average molecular weight is 432 g/mol. The molecular weight excluding hydrogens is 394 g/mol. The summed E-state index contributed by atoms with van der Waals surface area (Å²) in [6.45, 7) is 5.52. The number of nitrogens with one attached hydrogen (secondary N) is 1. The Morgan fingerprint density at radius 1 is 1.06 bits per heavy atom. The zero-order chi connectivity index (χ0) is 22.2. The Balaban J connectivity index is 1.45. The van der Waals surface area contributed by atoms with Gasteiger partial charge in [-0.3, -0.25) is 9.59 Å². The molecule has 0 radical (unpaired) electrons. The summed E-state index contributed by atoms with van der Waals surface area (Å²) in [7, 11) is 3.65. The number of carbonyl (C=O) groups excluding carboxylic acids is 2. The predicted octanol–water partition coefficient (Wildman–Crippen LogP) is 2.48. The summed E-state index contributed by atoms with van der Waals surface area (Å²) in [5, 5.41) is 3.18. The van der Waals surface area contributed by atoms with E-state index in [1.54, 1.807) is 7.11 Å². The van der Waals surface area contributed by atoms with Crippen molar-refractivity contribution in [3.05, 3.63) is 23.8 Å². The molecule has 172 valence electrons. The van der Waals surface area contributed by atoms with Gasteiger partial charge in [-0.25, -0.2) is 0 Å². The molecule has 0 atom stereocenters. The second-order valence-corrected chi connectivity index (χ2v) is 8.98. The van der Waals surface area contributed by atoms with Gasteiger partial charge in [0.2, 0.25) is 5.91 Å². The maximum absolute atomic E-state index is 12.4. The molecule has 31 heavy (non-hydrogen) atoms. The quantitative estimate of drug-likeness (QED) is 0.685. The second-order valence-electron chi connectivity index (χ2n) is 8.98. The standard InChI is InChI=1S/C24H37N3O4/c1-18-4-8-20(9-5-18)25-23(28)11-7-19-6-10-21(22(16-19)30-3)31-17-24(29)27-14-12-26(2)13-15-27/h6,10,16,18,20H,4-5,7-9,11-15,17H2,1-3H3,(H,25,28). The highest BCUT2D eigenvalue weighted by Crippen LogP contribution is 2.29. The summed E-state index contributed by atoms with van der Waals surface area (Å²) in [6.07, 6.45) is 5.66. The van der Waals surface area contributed by atoms with E-state index < -0.39 is 0 Å². The first-order valence-electron chi connectivity index (χ1n) is 11.5. The predicted molar refractivity (Wildman–Crippen MR) is 120 cm³/mol. The van der Waals surface area contributed by atoms with E-state index in [-0.39, 0.29) is 18.4 Å². The molecule has 1 saturated carbocycles. The third kappa shape index (κ3) is 7.13. The lowest BCUT2D eigenvalue weighted by molar-refractivity contribution is -0.135. The Kier molecular flexibility index (Phi) is 8.58. The van der Waals surface area contributed by atoms with Gasteiger partial charge in [-0.1, -0.05) is 13.0 Å². The van der Waals surface area contributed by atoms with Crippen molar-refractivity contribution >= 4 is 11.8 Å². The number of hydrogen-bond acceptors (Lipinski definition) is 5. The number of benzene rings is 1. The van der Waals surface area contributed by atoms with E-state index in [2.05, 4.69) is 24.2 Å². The minimum Gasteiger partial charge on any atom is -0.493 e. The van der Waals surface area contributed by atoms with Crippen LogP contribution in [-0.2, 0) is 16.0 Å². The number of piperazine rings is 1. The molecule has 2 amide bonds. The van der Waals surface area contributed by atoms with E-state index in [0.29, 0.717) is 30.4 Å². The van der Waals surface area contributed by atoms with Crippen molar-refractivity contribution in [1.29, 1.82) is 0 Å². The molecule has 2 aliphatic rings. The van der Waals surface area contributed by atoms with Gasteiger partial charge < -0.3 is 24.6 Å². The molecule has 1 saturated heterocycles. The molecule has 1 aromatic carbocycles. The fraction of sp³-hybridized carbons (Fsp3) is 0.667. The van der Waals surface area contributed by atoms with Crippen LogP contribution in [0.1, 0.15) is 44.6 Å². The minimum absolute atomic E-state index is 0.00182. The van der Waals surface area contributed by atoms with Crippen molar-refractivity contribution in [1.82, 2.24) is 15.1 Å². The maximum atomic E-state index is 12.4. The Hall–Kier alpha value is -2.28. The van der Waals surface area contributed by atoms with Crippen LogP contribution in [0.3, 0.4) is 0 Å². The first-order valence-corrected chi connectivity index (χ1v) is 11.5. The summed E-state index contributed by atoms with van der Waals surface area (Å²) in [4.78, 5) is 28.8. The molecule has 0 unspecified atom stereocenters. The molecule has 1 heterocycles. The van der Waals surface area contributed by atoms with Crippen LogP contribution in [-0.4, -0.2) is 74.6 Å². The number of ether oxygens (including phenoxy) is 2. The van der Waals surface area contributed by atoms with Gasteiger partial charge in [-0.2, -0.15) is 0 Å². The normalized spacial score (nSPS) is 22.1. The van der Waals surface area contributed by atoms with E-state index >= 15 is 0 Å². The SMILES string of the molecule is COc1cc(CCC(=O)NC2CCC(C)CC2)ccc1OCC(=O)N1CCN(C)CC1. The highest BCUT2D eigenvalue weighted by Gasteiger charge is 2.21. The van der Waals surface area contributed by atoms with E-state index in [1.807, 2.05) is 23.1 Å². The molecule has 1 aliphatic heterocycles. The van der Waals surface area contributed by atoms with Crippen LogP contribution in [0.15, 0.2) is 18.2 Å². The van der Waals surface area contributed by atoms with Crippen molar-refractivity contribution in [3.63, 3.8) is 0 Å².